The lowest BCUT2D eigenvalue weighted by molar-refractivity contribution is 0.129. The van der Waals surface area contributed by atoms with Gasteiger partial charge in [-0.2, -0.15) is 0 Å². The molecule has 4 nitrogen and oxygen atoms in total. The van der Waals surface area contributed by atoms with Crippen molar-refractivity contribution in [3.8, 4) is 11.5 Å². The average Bonchev–Trinajstić information content (AvgIpc) is 2.43. The van der Waals surface area contributed by atoms with Gasteiger partial charge in [0.05, 0.1) is 6.61 Å². The van der Waals surface area contributed by atoms with Gasteiger partial charge in [0.2, 0.25) is 0 Å². The van der Waals surface area contributed by atoms with Crippen LogP contribution in [0.25, 0.3) is 0 Å². The van der Waals surface area contributed by atoms with Crippen molar-refractivity contribution < 1.29 is 9.84 Å². The molecule has 0 aliphatic carbocycles. The Morgan fingerprint density at radius 3 is 2.95 bits per heavy atom. The standard InChI is InChI=1S/C16H26N2O2/c1-4-20-16-10-13(7-8-15(16)19)11-18(3)14-6-5-9-17(2)12-14/h7-8,10,14,19H,4-6,9,11-12H2,1-3H3. The van der Waals surface area contributed by atoms with Crippen molar-refractivity contribution in [3.63, 3.8) is 0 Å². The van der Waals surface area contributed by atoms with Crippen molar-refractivity contribution in [1.29, 1.82) is 0 Å². The van der Waals surface area contributed by atoms with Crippen LogP contribution in [0.2, 0.25) is 0 Å². The van der Waals surface area contributed by atoms with Crippen molar-refractivity contribution >= 4 is 0 Å². The van der Waals surface area contributed by atoms with Gasteiger partial charge >= 0.3 is 0 Å². The maximum atomic E-state index is 9.74. The topological polar surface area (TPSA) is 35.9 Å². The number of phenolic OH excluding ortho intramolecular Hbond substituents is 1. The molecule has 20 heavy (non-hydrogen) atoms. The lowest BCUT2D eigenvalue weighted by Crippen LogP contribution is -2.44. The molecule has 1 aromatic rings. The van der Waals surface area contributed by atoms with Gasteiger partial charge in [0.25, 0.3) is 0 Å². The molecule has 1 unspecified atom stereocenters. The fourth-order valence-electron chi connectivity index (χ4n) is 2.84. The van der Waals surface area contributed by atoms with E-state index in [1.54, 1.807) is 6.07 Å². The molecule has 0 bridgehead atoms. The zero-order chi connectivity index (χ0) is 14.5. The molecule has 1 aromatic carbocycles. The summed E-state index contributed by atoms with van der Waals surface area (Å²) in [6.07, 6.45) is 2.53. The summed E-state index contributed by atoms with van der Waals surface area (Å²) in [6.45, 7) is 5.72. The second-order valence-corrected chi connectivity index (χ2v) is 5.71. The Kier molecular flexibility index (Phi) is 5.26. The van der Waals surface area contributed by atoms with Gasteiger partial charge < -0.3 is 14.7 Å². The molecular formula is C16H26N2O2. The highest BCUT2D eigenvalue weighted by molar-refractivity contribution is 5.41. The number of hydrogen-bond acceptors (Lipinski definition) is 4. The molecule has 1 atom stereocenters. The van der Waals surface area contributed by atoms with E-state index in [4.69, 9.17) is 4.74 Å². The SMILES string of the molecule is CCOc1cc(CN(C)C2CCCN(C)C2)ccc1O. The number of likely N-dealkylation sites (tertiary alicyclic amines) is 1. The first-order valence-electron chi connectivity index (χ1n) is 7.43. The number of hydrogen-bond donors (Lipinski definition) is 1. The third-order valence-corrected chi connectivity index (χ3v) is 3.98. The molecule has 0 aromatic heterocycles. The second kappa shape index (κ2) is 6.95. The van der Waals surface area contributed by atoms with Crippen molar-refractivity contribution in [2.24, 2.45) is 0 Å². The predicted molar refractivity (Wildman–Crippen MR) is 81.3 cm³/mol. The Morgan fingerprint density at radius 1 is 1.45 bits per heavy atom. The Labute approximate surface area is 122 Å². The second-order valence-electron chi connectivity index (χ2n) is 5.71. The van der Waals surface area contributed by atoms with Crippen LogP contribution in [0, 0.1) is 0 Å². The van der Waals surface area contributed by atoms with Gasteiger partial charge in [-0.1, -0.05) is 6.07 Å². The van der Waals surface area contributed by atoms with E-state index in [0.29, 0.717) is 18.4 Å². The molecule has 0 amide bonds. The van der Waals surface area contributed by atoms with Crippen LogP contribution in [0.3, 0.4) is 0 Å². The number of piperidine rings is 1. The van der Waals surface area contributed by atoms with Crippen LogP contribution in [0.4, 0.5) is 0 Å². The Balaban J connectivity index is 1.99. The number of aromatic hydroxyl groups is 1. The van der Waals surface area contributed by atoms with E-state index in [2.05, 4.69) is 23.9 Å². The van der Waals surface area contributed by atoms with Crippen LogP contribution < -0.4 is 4.74 Å². The molecule has 1 saturated heterocycles. The Bertz CT molecular complexity index is 436. The van der Waals surface area contributed by atoms with Gasteiger partial charge in [-0.25, -0.2) is 0 Å². The normalized spacial score (nSPS) is 20.3. The van der Waals surface area contributed by atoms with Crippen LogP contribution in [0.15, 0.2) is 18.2 Å². The van der Waals surface area contributed by atoms with Gasteiger partial charge in [0.1, 0.15) is 0 Å². The molecule has 1 N–H and O–H groups in total. The monoisotopic (exact) mass is 278 g/mol. The lowest BCUT2D eigenvalue weighted by Gasteiger charge is -2.36. The summed E-state index contributed by atoms with van der Waals surface area (Å²) in [4.78, 5) is 4.80. The number of benzene rings is 1. The first kappa shape index (κ1) is 15.1. The van der Waals surface area contributed by atoms with Crippen molar-refractivity contribution in [2.45, 2.75) is 32.4 Å². The maximum absolute atomic E-state index is 9.74. The van der Waals surface area contributed by atoms with E-state index >= 15 is 0 Å². The highest BCUT2D eigenvalue weighted by Crippen LogP contribution is 2.27. The smallest absolute Gasteiger partial charge is 0.161 e. The summed E-state index contributed by atoms with van der Waals surface area (Å²) >= 11 is 0. The average molecular weight is 278 g/mol. The van der Waals surface area contributed by atoms with E-state index in [1.807, 2.05) is 19.1 Å². The van der Waals surface area contributed by atoms with Crippen molar-refractivity contribution in [3.05, 3.63) is 23.8 Å². The molecule has 4 heteroatoms. The highest BCUT2D eigenvalue weighted by atomic mass is 16.5. The number of rotatable bonds is 5. The van der Waals surface area contributed by atoms with Gasteiger partial charge in [-0.05, 0) is 58.1 Å². The molecule has 2 rings (SSSR count). The summed E-state index contributed by atoms with van der Waals surface area (Å²) in [5, 5.41) is 9.74. The lowest BCUT2D eigenvalue weighted by atomic mass is 10.0. The van der Waals surface area contributed by atoms with E-state index in [9.17, 15) is 5.11 Å². The summed E-state index contributed by atoms with van der Waals surface area (Å²) in [5.41, 5.74) is 1.18. The summed E-state index contributed by atoms with van der Waals surface area (Å²) in [5.74, 6) is 0.801. The van der Waals surface area contributed by atoms with E-state index in [0.717, 1.165) is 13.1 Å². The van der Waals surface area contributed by atoms with Gasteiger partial charge in [0.15, 0.2) is 11.5 Å². The molecule has 0 radical (unpaired) electrons. The zero-order valence-corrected chi connectivity index (χ0v) is 12.8. The Morgan fingerprint density at radius 2 is 2.25 bits per heavy atom. The number of ether oxygens (including phenoxy) is 1. The molecule has 112 valence electrons. The molecule has 0 spiro atoms. The fraction of sp³-hybridized carbons (Fsp3) is 0.625. The largest absolute Gasteiger partial charge is 0.504 e. The minimum atomic E-state index is 0.218. The molecule has 1 fully saturated rings. The molecule has 0 saturated carbocycles. The van der Waals surface area contributed by atoms with Crippen LogP contribution in [0.1, 0.15) is 25.3 Å². The maximum Gasteiger partial charge on any atom is 0.161 e. The Hall–Kier alpha value is -1.26. The van der Waals surface area contributed by atoms with Gasteiger partial charge in [-0.15, -0.1) is 0 Å². The number of likely N-dealkylation sites (N-methyl/N-ethyl adjacent to an activating group) is 2. The fourth-order valence-corrected chi connectivity index (χ4v) is 2.84. The molecule has 1 aliphatic heterocycles. The minimum Gasteiger partial charge on any atom is -0.504 e. The van der Waals surface area contributed by atoms with E-state index in [1.165, 1.54) is 24.9 Å². The third-order valence-electron chi connectivity index (χ3n) is 3.98. The quantitative estimate of drug-likeness (QED) is 0.896. The summed E-state index contributed by atoms with van der Waals surface area (Å²) in [7, 11) is 4.37. The summed E-state index contributed by atoms with van der Waals surface area (Å²) in [6, 6.07) is 6.25. The van der Waals surface area contributed by atoms with E-state index < -0.39 is 0 Å². The molecule has 1 aliphatic rings. The van der Waals surface area contributed by atoms with Crippen LogP contribution >= 0.6 is 0 Å². The molecule has 1 heterocycles. The first-order valence-corrected chi connectivity index (χ1v) is 7.43. The van der Waals surface area contributed by atoms with Crippen LogP contribution in [-0.2, 0) is 6.54 Å². The van der Waals surface area contributed by atoms with Gasteiger partial charge in [0, 0.05) is 19.1 Å². The van der Waals surface area contributed by atoms with Crippen LogP contribution in [-0.4, -0.2) is 54.7 Å². The van der Waals surface area contributed by atoms with Gasteiger partial charge in [-0.3, -0.25) is 4.90 Å². The summed E-state index contributed by atoms with van der Waals surface area (Å²) < 4.78 is 5.44. The van der Waals surface area contributed by atoms with E-state index in [-0.39, 0.29) is 5.75 Å². The van der Waals surface area contributed by atoms with Crippen LogP contribution in [0.5, 0.6) is 11.5 Å². The minimum absolute atomic E-state index is 0.218. The van der Waals surface area contributed by atoms with Crippen molar-refractivity contribution in [2.75, 3.05) is 33.8 Å². The van der Waals surface area contributed by atoms with Crippen molar-refractivity contribution in [1.82, 2.24) is 9.80 Å². The highest BCUT2D eigenvalue weighted by Gasteiger charge is 2.21. The molecular weight excluding hydrogens is 252 g/mol. The predicted octanol–water partition coefficient (Wildman–Crippen LogP) is 2.32. The third kappa shape index (κ3) is 3.87. The first-order chi connectivity index (χ1) is 9.60. The number of nitrogens with zero attached hydrogens (tertiary/aromatic N) is 2. The zero-order valence-electron chi connectivity index (χ0n) is 12.8. The number of phenols is 1.